The molecular formula is C60H97O11P. The molecule has 0 amide bonds. The van der Waals surface area contributed by atoms with Crippen LogP contribution in [0.5, 0.6) is 0 Å². The van der Waals surface area contributed by atoms with E-state index in [4.69, 9.17) is 23.3 Å². The molecule has 0 fully saturated rings. The molecule has 0 aliphatic heterocycles. The van der Waals surface area contributed by atoms with Gasteiger partial charge in [0.25, 0.3) is 0 Å². The molecule has 3 unspecified atom stereocenters. The number of aliphatic hydroxyl groups excluding tert-OH is 1. The van der Waals surface area contributed by atoms with Crippen LogP contribution in [0.1, 0.15) is 201 Å². The van der Waals surface area contributed by atoms with Gasteiger partial charge in [-0.1, -0.05) is 181 Å². The monoisotopic (exact) mass is 1020 g/mol. The lowest BCUT2D eigenvalue weighted by Gasteiger charge is -2.21. The van der Waals surface area contributed by atoms with E-state index >= 15 is 0 Å². The lowest BCUT2D eigenvalue weighted by Crippen LogP contribution is -2.30. The average Bonchev–Trinajstić information content (AvgIpc) is 3.37. The van der Waals surface area contributed by atoms with Crippen molar-refractivity contribution in [2.75, 3.05) is 26.4 Å². The molecule has 0 radical (unpaired) electrons. The van der Waals surface area contributed by atoms with Crippen molar-refractivity contribution in [2.45, 2.75) is 213 Å². The summed E-state index contributed by atoms with van der Waals surface area (Å²) in [6.07, 6.45) is 64.5. The fourth-order valence-electron chi connectivity index (χ4n) is 6.79. The van der Waals surface area contributed by atoms with Crippen LogP contribution in [-0.2, 0) is 42.2 Å². The lowest BCUT2D eigenvalue weighted by atomic mass is 10.1. The van der Waals surface area contributed by atoms with Crippen molar-refractivity contribution in [1.29, 1.82) is 0 Å². The van der Waals surface area contributed by atoms with Gasteiger partial charge in [-0.25, -0.2) is 4.57 Å². The van der Waals surface area contributed by atoms with Crippen molar-refractivity contribution in [1.82, 2.24) is 0 Å². The van der Waals surface area contributed by atoms with E-state index in [1.54, 1.807) is 0 Å². The molecule has 0 aromatic carbocycles. The van der Waals surface area contributed by atoms with Crippen LogP contribution in [-0.4, -0.2) is 66.5 Å². The van der Waals surface area contributed by atoms with Crippen LogP contribution in [0.4, 0.5) is 0 Å². The molecule has 0 spiro atoms. The van der Waals surface area contributed by atoms with Gasteiger partial charge in [-0.15, -0.1) is 0 Å². The van der Waals surface area contributed by atoms with Crippen LogP contribution in [0.25, 0.3) is 0 Å². The Morgan fingerprint density at radius 3 is 1.06 bits per heavy atom. The first kappa shape index (κ1) is 67.9. The maximum Gasteiger partial charge on any atom is 0.472 e. The minimum atomic E-state index is -4.77. The third kappa shape index (κ3) is 50.8. The highest BCUT2D eigenvalue weighted by atomic mass is 31.2. The van der Waals surface area contributed by atoms with Crippen molar-refractivity contribution < 1.29 is 52.2 Å². The Labute approximate surface area is 437 Å². The number of allylic oxidation sites excluding steroid dienone is 20. The molecule has 12 heteroatoms. The molecule has 0 aliphatic carbocycles. The van der Waals surface area contributed by atoms with Gasteiger partial charge in [0.05, 0.1) is 19.8 Å². The number of hydrogen-bond donors (Lipinski definition) is 2. The second kappa shape index (κ2) is 53.2. The number of aliphatic hydroxyl groups is 1. The predicted octanol–water partition coefficient (Wildman–Crippen LogP) is 16.0. The summed E-state index contributed by atoms with van der Waals surface area (Å²) < 4.78 is 39.4. The summed E-state index contributed by atoms with van der Waals surface area (Å²) in [6, 6.07) is 0. The molecule has 0 saturated heterocycles. The Balaban J connectivity index is 4.83. The Morgan fingerprint density at radius 2 is 0.681 bits per heavy atom. The smallest absolute Gasteiger partial charge is 0.462 e. The summed E-state index contributed by atoms with van der Waals surface area (Å²) in [5, 5.41) is 9.79. The maximum absolute atomic E-state index is 12.9. The molecule has 2 N–H and O–H groups in total. The van der Waals surface area contributed by atoms with Gasteiger partial charge in [-0.2, -0.15) is 0 Å². The fraction of sp³-hybridized carbons (Fsp3) is 0.617. The highest BCUT2D eigenvalue weighted by molar-refractivity contribution is 7.47. The molecule has 72 heavy (non-hydrogen) atoms. The SMILES string of the molecule is CC/C=C\C/C=C\C/C=C\C/C=C\CCCCCCCCC(=O)OC(COC(=O)CCCCC/C=C\C/C=C\C/C=C\CC)COP(=O)(O)OCC(CO)OC(=O)CCCCC/C=C\C/C=C\C/C=C\CC. The molecule has 11 nitrogen and oxygen atoms in total. The molecule has 3 atom stereocenters. The normalized spacial score (nSPS) is 14.3. The zero-order valence-electron chi connectivity index (χ0n) is 44.8. The molecule has 0 heterocycles. The van der Waals surface area contributed by atoms with E-state index in [1.165, 1.54) is 0 Å². The highest BCUT2D eigenvalue weighted by Crippen LogP contribution is 2.43. The minimum absolute atomic E-state index is 0.133. The van der Waals surface area contributed by atoms with E-state index in [-0.39, 0.29) is 25.9 Å². The van der Waals surface area contributed by atoms with Gasteiger partial charge in [-0.3, -0.25) is 23.4 Å². The number of carbonyl (C=O) groups is 3. The van der Waals surface area contributed by atoms with Gasteiger partial charge >= 0.3 is 25.7 Å². The van der Waals surface area contributed by atoms with E-state index < -0.39 is 57.8 Å². The van der Waals surface area contributed by atoms with Crippen molar-refractivity contribution in [3.8, 4) is 0 Å². The van der Waals surface area contributed by atoms with E-state index in [2.05, 4.69) is 142 Å². The Bertz CT molecular complexity index is 1670. The first-order valence-corrected chi connectivity index (χ1v) is 28.9. The van der Waals surface area contributed by atoms with Crippen molar-refractivity contribution in [3.63, 3.8) is 0 Å². The molecule has 0 aliphatic rings. The molecular weight excluding hydrogens is 928 g/mol. The zero-order chi connectivity index (χ0) is 52.7. The molecule has 0 saturated carbocycles. The molecule has 0 aromatic rings. The van der Waals surface area contributed by atoms with Gasteiger partial charge in [-0.05, 0) is 122 Å². The zero-order valence-corrected chi connectivity index (χ0v) is 45.7. The molecule has 0 bridgehead atoms. The average molecular weight is 1030 g/mol. The number of ether oxygens (including phenoxy) is 3. The standard InChI is InChI=1S/C60H97O11P/c1-4-7-10-13-16-19-22-25-26-27-28-29-30-33-36-39-42-45-48-51-60(64)71-57(53-67-58(62)49-46-43-40-37-34-31-23-20-17-14-11-8-5-2)55-69-72(65,66)68-54-56(52-61)70-59(63)50-47-44-41-38-35-32-24-21-18-15-12-9-6-3/h7-12,16-21,25-26,28-29,31-32,34-35,56-57,61H,4-6,13-15,22-24,27,30,33,36-55H2,1-3H3,(H,65,66)/b10-7-,11-8-,12-9-,19-16-,20-17-,21-18-,26-25-,29-28-,34-31-,35-32-. The summed E-state index contributed by atoms with van der Waals surface area (Å²) in [5.74, 6) is -1.56. The Morgan fingerprint density at radius 1 is 0.389 bits per heavy atom. The van der Waals surface area contributed by atoms with Gasteiger partial charge < -0.3 is 24.2 Å². The van der Waals surface area contributed by atoms with Gasteiger partial charge in [0.1, 0.15) is 12.7 Å². The van der Waals surface area contributed by atoms with Gasteiger partial charge in [0.15, 0.2) is 6.10 Å². The summed E-state index contributed by atoms with van der Waals surface area (Å²) in [6.45, 7) is 4.19. The molecule has 0 rings (SSSR count). The van der Waals surface area contributed by atoms with Crippen LogP contribution in [0.15, 0.2) is 122 Å². The van der Waals surface area contributed by atoms with Crippen molar-refractivity contribution >= 4 is 25.7 Å². The summed E-state index contributed by atoms with van der Waals surface area (Å²) >= 11 is 0. The number of esters is 3. The topological polar surface area (TPSA) is 155 Å². The molecule has 0 aromatic heterocycles. The van der Waals surface area contributed by atoms with Crippen LogP contribution in [0, 0.1) is 0 Å². The Kier molecular flexibility index (Phi) is 50.1. The van der Waals surface area contributed by atoms with Crippen LogP contribution >= 0.6 is 7.82 Å². The lowest BCUT2D eigenvalue weighted by molar-refractivity contribution is -0.161. The predicted molar refractivity (Wildman–Crippen MR) is 297 cm³/mol. The van der Waals surface area contributed by atoms with Crippen LogP contribution in [0.3, 0.4) is 0 Å². The summed E-state index contributed by atoms with van der Waals surface area (Å²) in [4.78, 5) is 48.4. The number of unbranched alkanes of at least 4 members (excludes halogenated alkanes) is 12. The number of phosphoric ester groups is 1. The maximum atomic E-state index is 12.9. The third-order valence-electron chi connectivity index (χ3n) is 10.9. The fourth-order valence-corrected chi connectivity index (χ4v) is 7.57. The van der Waals surface area contributed by atoms with Crippen LogP contribution in [0.2, 0.25) is 0 Å². The van der Waals surface area contributed by atoms with E-state index in [0.29, 0.717) is 19.3 Å². The van der Waals surface area contributed by atoms with E-state index in [1.807, 2.05) is 0 Å². The Hall–Kier alpha value is -4.12. The molecule has 408 valence electrons. The van der Waals surface area contributed by atoms with Gasteiger partial charge in [0, 0.05) is 19.3 Å². The first-order valence-electron chi connectivity index (χ1n) is 27.4. The second-order valence-corrected chi connectivity index (χ2v) is 19.1. The summed E-state index contributed by atoms with van der Waals surface area (Å²) in [7, 11) is -4.77. The number of hydrogen-bond acceptors (Lipinski definition) is 10. The first-order chi connectivity index (χ1) is 35.2. The second-order valence-electron chi connectivity index (χ2n) is 17.6. The quantitative estimate of drug-likeness (QED) is 0.0197. The van der Waals surface area contributed by atoms with E-state index in [9.17, 15) is 28.9 Å². The highest BCUT2D eigenvalue weighted by Gasteiger charge is 2.28. The van der Waals surface area contributed by atoms with Crippen molar-refractivity contribution in [3.05, 3.63) is 122 Å². The summed E-state index contributed by atoms with van der Waals surface area (Å²) in [5.41, 5.74) is 0. The van der Waals surface area contributed by atoms with Gasteiger partial charge in [0.2, 0.25) is 0 Å². The largest absolute Gasteiger partial charge is 0.472 e. The number of carbonyl (C=O) groups excluding carboxylic acids is 3. The third-order valence-corrected chi connectivity index (χ3v) is 11.8. The van der Waals surface area contributed by atoms with Crippen LogP contribution < -0.4 is 0 Å². The minimum Gasteiger partial charge on any atom is -0.462 e. The number of rotatable bonds is 49. The van der Waals surface area contributed by atoms with E-state index in [0.717, 1.165) is 141 Å². The van der Waals surface area contributed by atoms with Crippen molar-refractivity contribution in [2.24, 2.45) is 0 Å². The number of phosphoric acid groups is 1.